The molecule has 2 rings (SSSR count). The van der Waals surface area contributed by atoms with Gasteiger partial charge in [-0.1, -0.05) is 22.0 Å². The van der Waals surface area contributed by atoms with E-state index in [1.54, 1.807) is 12.1 Å². The van der Waals surface area contributed by atoms with Gasteiger partial charge in [0.2, 0.25) is 0 Å². The normalized spacial score (nSPS) is 10.3. The van der Waals surface area contributed by atoms with E-state index in [9.17, 15) is 4.39 Å². The summed E-state index contributed by atoms with van der Waals surface area (Å²) in [5, 5.41) is 0. The molecule has 0 spiro atoms. The van der Waals surface area contributed by atoms with E-state index in [1.165, 1.54) is 6.07 Å². The molecular weight excluding hydrogens is 351 g/mol. The number of rotatable bonds is 3. The predicted molar refractivity (Wildman–Crippen MR) is 72.6 cm³/mol. The quantitative estimate of drug-likeness (QED) is 0.754. The number of hydrogen-bond acceptors (Lipinski definition) is 1. The third-order valence-electron chi connectivity index (χ3n) is 2.20. The van der Waals surface area contributed by atoms with E-state index >= 15 is 0 Å². The first-order valence-electron chi connectivity index (χ1n) is 4.97. The third kappa shape index (κ3) is 3.54. The summed E-state index contributed by atoms with van der Waals surface area (Å²) >= 11 is 6.50. The largest absolute Gasteiger partial charge is 0.489 e. The molecule has 0 amide bonds. The Balaban J connectivity index is 2.02. The molecule has 0 atom stereocenters. The average Bonchev–Trinajstić information content (AvgIpc) is 2.33. The van der Waals surface area contributed by atoms with E-state index in [4.69, 9.17) is 4.74 Å². The van der Waals surface area contributed by atoms with Crippen molar-refractivity contribution in [3.8, 4) is 5.75 Å². The monoisotopic (exact) mass is 358 g/mol. The summed E-state index contributed by atoms with van der Waals surface area (Å²) in [6.07, 6.45) is 0. The van der Waals surface area contributed by atoms with Gasteiger partial charge in [-0.2, -0.15) is 0 Å². The van der Waals surface area contributed by atoms with Crippen LogP contribution in [0.25, 0.3) is 0 Å². The number of halogens is 3. The fourth-order valence-corrected chi connectivity index (χ4v) is 2.02. The molecule has 0 aromatic heterocycles. The van der Waals surface area contributed by atoms with Gasteiger partial charge in [-0.3, -0.25) is 0 Å². The van der Waals surface area contributed by atoms with Gasteiger partial charge in [-0.25, -0.2) is 4.39 Å². The number of benzene rings is 2. The molecule has 4 heteroatoms. The summed E-state index contributed by atoms with van der Waals surface area (Å²) in [5.74, 6) is 0.519. The van der Waals surface area contributed by atoms with E-state index in [0.29, 0.717) is 11.1 Å². The Morgan fingerprint density at radius 2 is 1.71 bits per heavy atom. The van der Waals surface area contributed by atoms with Crippen molar-refractivity contribution in [2.75, 3.05) is 0 Å². The molecule has 0 aliphatic rings. The van der Waals surface area contributed by atoms with Gasteiger partial charge in [0.1, 0.15) is 18.2 Å². The SMILES string of the molecule is Fc1ccc(COc2ccc(Br)cc2)cc1Br. The number of ether oxygens (including phenoxy) is 1. The summed E-state index contributed by atoms with van der Waals surface area (Å²) in [5.41, 5.74) is 0.918. The molecule has 0 aliphatic carbocycles. The lowest BCUT2D eigenvalue weighted by Gasteiger charge is -2.07. The zero-order valence-electron chi connectivity index (χ0n) is 8.79. The Morgan fingerprint density at radius 1 is 1.00 bits per heavy atom. The topological polar surface area (TPSA) is 9.23 Å². The first kappa shape index (κ1) is 12.6. The summed E-state index contributed by atoms with van der Waals surface area (Å²) in [7, 11) is 0. The Labute approximate surface area is 116 Å². The first-order chi connectivity index (χ1) is 8.15. The third-order valence-corrected chi connectivity index (χ3v) is 3.34. The maximum atomic E-state index is 13.0. The van der Waals surface area contributed by atoms with E-state index in [0.717, 1.165) is 15.8 Å². The fraction of sp³-hybridized carbons (Fsp3) is 0.0769. The van der Waals surface area contributed by atoms with Crippen molar-refractivity contribution in [1.29, 1.82) is 0 Å². The zero-order chi connectivity index (χ0) is 12.3. The minimum atomic E-state index is -0.266. The molecule has 0 bridgehead atoms. The lowest BCUT2D eigenvalue weighted by Crippen LogP contribution is -1.95. The second-order valence-electron chi connectivity index (χ2n) is 3.49. The average molecular weight is 360 g/mol. The number of hydrogen-bond donors (Lipinski definition) is 0. The smallest absolute Gasteiger partial charge is 0.137 e. The minimum absolute atomic E-state index is 0.266. The summed E-state index contributed by atoms with van der Waals surface area (Å²) in [6.45, 7) is 0.417. The van der Waals surface area contributed by atoms with Gasteiger partial charge in [0, 0.05) is 4.47 Å². The van der Waals surface area contributed by atoms with Crippen LogP contribution in [0.4, 0.5) is 4.39 Å². The van der Waals surface area contributed by atoms with Gasteiger partial charge in [-0.15, -0.1) is 0 Å². The molecule has 2 aromatic carbocycles. The molecule has 0 saturated heterocycles. The molecule has 0 fully saturated rings. The van der Waals surface area contributed by atoms with Crippen LogP contribution in [0.5, 0.6) is 5.75 Å². The fourth-order valence-electron chi connectivity index (χ4n) is 1.33. The molecule has 0 N–H and O–H groups in total. The zero-order valence-corrected chi connectivity index (χ0v) is 12.0. The minimum Gasteiger partial charge on any atom is -0.489 e. The Hall–Kier alpha value is -0.870. The van der Waals surface area contributed by atoms with Crippen molar-refractivity contribution in [2.45, 2.75) is 6.61 Å². The predicted octanol–water partition coefficient (Wildman–Crippen LogP) is 4.93. The van der Waals surface area contributed by atoms with Gasteiger partial charge in [0.25, 0.3) is 0 Å². The molecule has 0 unspecified atom stereocenters. The van der Waals surface area contributed by atoms with Crippen LogP contribution in [-0.2, 0) is 6.61 Å². The Morgan fingerprint density at radius 3 is 2.35 bits per heavy atom. The van der Waals surface area contributed by atoms with Crippen LogP contribution in [0.15, 0.2) is 51.4 Å². The van der Waals surface area contributed by atoms with Gasteiger partial charge >= 0.3 is 0 Å². The van der Waals surface area contributed by atoms with Gasteiger partial charge in [-0.05, 0) is 57.9 Å². The first-order valence-corrected chi connectivity index (χ1v) is 6.56. The van der Waals surface area contributed by atoms with E-state index in [1.807, 2.05) is 24.3 Å². The second-order valence-corrected chi connectivity index (χ2v) is 5.26. The maximum Gasteiger partial charge on any atom is 0.137 e. The molecule has 0 saturated carbocycles. The van der Waals surface area contributed by atoms with Crippen LogP contribution in [0, 0.1) is 5.82 Å². The summed E-state index contributed by atoms with van der Waals surface area (Å²) in [4.78, 5) is 0. The molecule has 0 aliphatic heterocycles. The van der Waals surface area contributed by atoms with Crippen molar-refractivity contribution in [3.05, 3.63) is 62.8 Å². The van der Waals surface area contributed by atoms with Gasteiger partial charge in [0.15, 0.2) is 0 Å². The molecule has 17 heavy (non-hydrogen) atoms. The highest BCUT2D eigenvalue weighted by Gasteiger charge is 2.01. The Bertz CT molecular complexity index is 511. The summed E-state index contributed by atoms with van der Waals surface area (Å²) < 4.78 is 20.1. The van der Waals surface area contributed by atoms with Crippen molar-refractivity contribution >= 4 is 31.9 Å². The molecule has 1 nitrogen and oxygen atoms in total. The highest BCUT2D eigenvalue weighted by atomic mass is 79.9. The molecule has 2 aromatic rings. The van der Waals surface area contributed by atoms with Crippen LogP contribution in [0.2, 0.25) is 0 Å². The van der Waals surface area contributed by atoms with E-state index < -0.39 is 0 Å². The van der Waals surface area contributed by atoms with Crippen molar-refractivity contribution in [1.82, 2.24) is 0 Å². The van der Waals surface area contributed by atoms with Crippen LogP contribution in [-0.4, -0.2) is 0 Å². The highest BCUT2D eigenvalue weighted by molar-refractivity contribution is 9.10. The lowest BCUT2D eigenvalue weighted by molar-refractivity contribution is 0.306. The van der Waals surface area contributed by atoms with E-state index in [2.05, 4.69) is 31.9 Å². The van der Waals surface area contributed by atoms with Gasteiger partial charge in [0.05, 0.1) is 4.47 Å². The van der Waals surface area contributed by atoms with Gasteiger partial charge < -0.3 is 4.74 Å². The standard InChI is InChI=1S/C13H9Br2FO/c14-10-2-4-11(5-3-10)17-8-9-1-6-13(16)12(15)7-9/h1-7H,8H2. The van der Waals surface area contributed by atoms with Crippen molar-refractivity contribution in [2.24, 2.45) is 0 Å². The van der Waals surface area contributed by atoms with E-state index in [-0.39, 0.29) is 5.82 Å². The highest BCUT2D eigenvalue weighted by Crippen LogP contribution is 2.20. The molecule has 88 valence electrons. The Kier molecular flexibility index (Phi) is 4.18. The van der Waals surface area contributed by atoms with Crippen molar-refractivity contribution in [3.63, 3.8) is 0 Å². The summed E-state index contributed by atoms with van der Waals surface area (Å²) in [6, 6.07) is 12.4. The molecule has 0 radical (unpaired) electrons. The lowest BCUT2D eigenvalue weighted by atomic mass is 10.2. The van der Waals surface area contributed by atoms with Crippen LogP contribution < -0.4 is 4.74 Å². The molecular formula is C13H9Br2FO. The molecule has 0 heterocycles. The van der Waals surface area contributed by atoms with Crippen molar-refractivity contribution < 1.29 is 9.13 Å². The maximum absolute atomic E-state index is 13.0. The second kappa shape index (κ2) is 5.65. The van der Waals surface area contributed by atoms with Crippen LogP contribution >= 0.6 is 31.9 Å². The van der Waals surface area contributed by atoms with Crippen LogP contribution in [0.3, 0.4) is 0 Å². The van der Waals surface area contributed by atoms with Crippen LogP contribution in [0.1, 0.15) is 5.56 Å².